The van der Waals surface area contributed by atoms with Crippen molar-refractivity contribution in [1.82, 2.24) is 10.6 Å². The predicted molar refractivity (Wildman–Crippen MR) is 104 cm³/mol. The van der Waals surface area contributed by atoms with Crippen molar-refractivity contribution < 1.29 is 23.8 Å². The monoisotopic (exact) mass is 380 g/mol. The number of carbonyl (C=O) groups is 2. The molecule has 0 aliphatic rings. The molecule has 0 bridgehead atoms. The molecule has 0 aliphatic heterocycles. The summed E-state index contributed by atoms with van der Waals surface area (Å²) in [5.41, 5.74) is -0.629. The lowest BCUT2D eigenvalue weighted by molar-refractivity contribution is -0.132. The van der Waals surface area contributed by atoms with Gasteiger partial charge in [0.15, 0.2) is 11.5 Å². The highest BCUT2D eigenvalue weighted by Crippen LogP contribution is 2.39. The number of nitrogens with one attached hydrogen (secondary N) is 2. The Morgan fingerprint density at radius 2 is 1.15 bits per heavy atom. The van der Waals surface area contributed by atoms with Crippen LogP contribution >= 0.6 is 0 Å². The summed E-state index contributed by atoms with van der Waals surface area (Å²) in [6, 6.07) is 3.41. The van der Waals surface area contributed by atoms with Crippen molar-refractivity contribution in [1.29, 1.82) is 0 Å². The molecule has 27 heavy (non-hydrogen) atoms. The van der Waals surface area contributed by atoms with Gasteiger partial charge in [-0.3, -0.25) is 9.59 Å². The van der Waals surface area contributed by atoms with E-state index in [2.05, 4.69) is 10.6 Å². The standard InChI is InChI=1S/C20H32N2O5/c1-19(2,3)17(23)21-16(22-18(24)20(4,5)6)12-10-13(25-7)15(27-9)14(11-12)26-8/h10-11,16H,1-9H3,(H,21,23)(H,22,24). The summed E-state index contributed by atoms with van der Waals surface area (Å²) in [6.45, 7) is 10.8. The zero-order valence-corrected chi connectivity index (χ0v) is 17.8. The van der Waals surface area contributed by atoms with Crippen LogP contribution in [0.3, 0.4) is 0 Å². The van der Waals surface area contributed by atoms with Crippen LogP contribution in [0.5, 0.6) is 17.2 Å². The van der Waals surface area contributed by atoms with E-state index in [1.807, 2.05) is 0 Å². The molecular weight excluding hydrogens is 348 g/mol. The van der Waals surface area contributed by atoms with Gasteiger partial charge in [-0.25, -0.2) is 0 Å². The molecule has 7 nitrogen and oxygen atoms in total. The lowest BCUT2D eigenvalue weighted by atomic mass is 9.94. The number of methoxy groups -OCH3 is 3. The van der Waals surface area contributed by atoms with Gasteiger partial charge in [0.05, 0.1) is 21.3 Å². The van der Waals surface area contributed by atoms with E-state index in [0.717, 1.165) is 0 Å². The summed E-state index contributed by atoms with van der Waals surface area (Å²) in [7, 11) is 4.54. The van der Waals surface area contributed by atoms with Gasteiger partial charge in [-0.1, -0.05) is 41.5 Å². The molecule has 0 unspecified atom stereocenters. The summed E-state index contributed by atoms with van der Waals surface area (Å²) in [5.74, 6) is 0.913. The molecule has 1 rings (SSSR count). The number of rotatable bonds is 6. The van der Waals surface area contributed by atoms with E-state index in [9.17, 15) is 9.59 Å². The Kier molecular flexibility index (Phi) is 7.11. The van der Waals surface area contributed by atoms with Crippen molar-refractivity contribution in [3.8, 4) is 17.2 Å². The Hall–Kier alpha value is -2.44. The van der Waals surface area contributed by atoms with Crippen LogP contribution in [0, 0.1) is 10.8 Å². The van der Waals surface area contributed by atoms with Crippen LogP contribution in [-0.2, 0) is 9.59 Å². The van der Waals surface area contributed by atoms with Crippen LogP contribution < -0.4 is 24.8 Å². The van der Waals surface area contributed by atoms with Gasteiger partial charge in [0.2, 0.25) is 17.6 Å². The molecule has 0 saturated carbocycles. The van der Waals surface area contributed by atoms with Gasteiger partial charge < -0.3 is 24.8 Å². The summed E-state index contributed by atoms with van der Waals surface area (Å²) in [6.07, 6.45) is -0.753. The quantitative estimate of drug-likeness (QED) is 0.741. The molecule has 0 saturated heterocycles. The lowest BCUT2D eigenvalue weighted by Gasteiger charge is -2.29. The lowest BCUT2D eigenvalue weighted by Crippen LogP contribution is -2.47. The molecule has 0 radical (unpaired) electrons. The van der Waals surface area contributed by atoms with Crippen LogP contribution in [0.15, 0.2) is 12.1 Å². The smallest absolute Gasteiger partial charge is 0.227 e. The van der Waals surface area contributed by atoms with E-state index < -0.39 is 17.0 Å². The number of ether oxygens (including phenoxy) is 3. The predicted octanol–water partition coefficient (Wildman–Crippen LogP) is 3.04. The highest BCUT2D eigenvalue weighted by molar-refractivity contribution is 5.84. The topological polar surface area (TPSA) is 85.9 Å². The largest absolute Gasteiger partial charge is 0.493 e. The fourth-order valence-corrected chi connectivity index (χ4v) is 2.17. The fraction of sp³-hybridized carbons (Fsp3) is 0.600. The van der Waals surface area contributed by atoms with Gasteiger partial charge in [0.25, 0.3) is 0 Å². The maximum Gasteiger partial charge on any atom is 0.227 e. The van der Waals surface area contributed by atoms with Crippen LogP contribution in [0.1, 0.15) is 53.3 Å². The van der Waals surface area contributed by atoms with Crippen molar-refractivity contribution in [2.75, 3.05) is 21.3 Å². The summed E-state index contributed by atoms with van der Waals surface area (Å²) < 4.78 is 16.1. The maximum absolute atomic E-state index is 12.6. The van der Waals surface area contributed by atoms with Crippen LogP contribution in [0.25, 0.3) is 0 Å². The zero-order chi connectivity index (χ0) is 21.0. The van der Waals surface area contributed by atoms with Crippen molar-refractivity contribution in [3.63, 3.8) is 0 Å². The molecule has 0 atom stereocenters. The van der Waals surface area contributed by atoms with Crippen molar-refractivity contribution in [2.24, 2.45) is 10.8 Å². The van der Waals surface area contributed by atoms with Crippen LogP contribution in [-0.4, -0.2) is 33.1 Å². The van der Waals surface area contributed by atoms with Gasteiger partial charge in [-0.15, -0.1) is 0 Å². The second-order valence-electron chi connectivity index (χ2n) is 8.34. The molecule has 0 spiro atoms. The molecule has 7 heteroatoms. The molecule has 0 heterocycles. The summed E-state index contributed by atoms with van der Waals surface area (Å²) >= 11 is 0. The van der Waals surface area contributed by atoms with E-state index in [-0.39, 0.29) is 11.8 Å². The molecular formula is C20H32N2O5. The van der Waals surface area contributed by atoms with E-state index >= 15 is 0 Å². The molecule has 0 aromatic heterocycles. The third-order valence-electron chi connectivity index (χ3n) is 3.93. The minimum Gasteiger partial charge on any atom is -0.493 e. The molecule has 0 fully saturated rings. The van der Waals surface area contributed by atoms with E-state index in [0.29, 0.717) is 22.8 Å². The second-order valence-corrected chi connectivity index (χ2v) is 8.34. The third-order valence-corrected chi connectivity index (χ3v) is 3.93. The number of carbonyl (C=O) groups excluding carboxylic acids is 2. The number of benzene rings is 1. The van der Waals surface area contributed by atoms with Crippen LogP contribution in [0.4, 0.5) is 0 Å². The highest BCUT2D eigenvalue weighted by Gasteiger charge is 2.30. The first kappa shape index (κ1) is 22.6. The first-order chi connectivity index (χ1) is 12.3. The Bertz CT molecular complexity index is 634. The Balaban J connectivity index is 3.41. The minimum absolute atomic E-state index is 0.199. The SMILES string of the molecule is COc1cc(C(NC(=O)C(C)(C)C)NC(=O)C(C)(C)C)cc(OC)c1OC. The Labute approximate surface area is 161 Å². The molecule has 2 amide bonds. The first-order valence-electron chi connectivity index (χ1n) is 8.77. The van der Waals surface area contributed by atoms with Gasteiger partial charge >= 0.3 is 0 Å². The van der Waals surface area contributed by atoms with Crippen molar-refractivity contribution in [3.05, 3.63) is 17.7 Å². The summed E-state index contributed by atoms with van der Waals surface area (Å²) in [4.78, 5) is 25.1. The average Bonchev–Trinajstić information content (AvgIpc) is 2.57. The second kappa shape index (κ2) is 8.50. The zero-order valence-electron chi connectivity index (χ0n) is 17.8. The minimum atomic E-state index is -0.753. The third kappa shape index (κ3) is 5.77. The first-order valence-corrected chi connectivity index (χ1v) is 8.77. The van der Waals surface area contributed by atoms with Gasteiger partial charge in [-0.2, -0.15) is 0 Å². The molecule has 152 valence electrons. The molecule has 0 aliphatic carbocycles. The highest BCUT2D eigenvalue weighted by atomic mass is 16.5. The Morgan fingerprint density at radius 1 is 0.778 bits per heavy atom. The van der Waals surface area contributed by atoms with Crippen molar-refractivity contribution >= 4 is 11.8 Å². The van der Waals surface area contributed by atoms with E-state index in [1.165, 1.54) is 21.3 Å². The van der Waals surface area contributed by atoms with Gasteiger partial charge in [0.1, 0.15) is 6.17 Å². The fourth-order valence-electron chi connectivity index (χ4n) is 2.17. The van der Waals surface area contributed by atoms with Crippen molar-refractivity contribution in [2.45, 2.75) is 47.7 Å². The number of hydrogen-bond donors (Lipinski definition) is 2. The summed E-state index contributed by atoms with van der Waals surface area (Å²) in [5, 5.41) is 5.79. The van der Waals surface area contributed by atoms with Gasteiger partial charge in [0, 0.05) is 16.4 Å². The average molecular weight is 380 g/mol. The molecule has 2 N–H and O–H groups in total. The Morgan fingerprint density at radius 3 is 1.41 bits per heavy atom. The maximum atomic E-state index is 12.6. The molecule has 1 aromatic rings. The van der Waals surface area contributed by atoms with Gasteiger partial charge in [-0.05, 0) is 12.1 Å². The molecule has 1 aromatic carbocycles. The van der Waals surface area contributed by atoms with E-state index in [1.54, 1.807) is 53.7 Å². The number of amides is 2. The number of hydrogen-bond acceptors (Lipinski definition) is 5. The van der Waals surface area contributed by atoms with Crippen LogP contribution in [0.2, 0.25) is 0 Å². The van der Waals surface area contributed by atoms with E-state index in [4.69, 9.17) is 14.2 Å². The normalized spacial score (nSPS) is 11.8.